The molecule has 0 N–H and O–H groups in total. The van der Waals surface area contributed by atoms with Gasteiger partial charge in [-0.2, -0.15) is 0 Å². The predicted molar refractivity (Wildman–Crippen MR) is 85.1 cm³/mol. The molecule has 0 aromatic heterocycles. The Labute approximate surface area is 140 Å². The molecule has 3 heteroatoms. The highest BCUT2D eigenvalue weighted by molar-refractivity contribution is 9.10. The average molecular weight is 342 g/mol. The van der Waals surface area contributed by atoms with E-state index in [1.165, 1.54) is 13.2 Å². The standard InChI is InChI=1S/C17H17BrO2/c1-10-8-13(9-11(2)12(10)3)16-14(17(19)20-4)6-5-7-15(16)18/h5-9H,1-4H3/i1D3,2D3,3D3. The van der Waals surface area contributed by atoms with Crippen LogP contribution in [0.2, 0.25) is 0 Å². The Morgan fingerprint density at radius 3 is 2.45 bits per heavy atom. The first-order chi connectivity index (χ1) is 13.1. The van der Waals surface area contributed by atoms with Gasteiger partial charge >= 0.3 is 5.97 Å². The molecule has 2 aromatic rings. The van der Waals surface area contributed by atoms with Crippen molar-refractivity contribution in [3.8, 4) is 11.1 Å². The van der Waals surface area contributed by atoms with E-state index in [0.29, 0.717) is 4.47 Å². The van der Waals surface area contributed by atoms with Gasteiger partial charge in [0, 0.05) is 22.4 Å². The number of hydrogen-bond donors (Lipinski definition) is 0. The summed E-state index contributed by atoms with van der Waals surface area (Å²) in [6.45, 7) is -8.76. The first kappa shape index (κ1) is 6.90. The maximum Gasteiger partial charge on any atom is 0.338 e. The second-order valence-electron chi connectivity index (χ2n) is 4.10. The van der Waals surface area contributed by atoms with Crippen molar-refractivity contribution in [2.45, 2.75) is 20.6 Å². The lowest BCUT2D eigenvalue weighted by Crippen LogP contribution is -2.04. The molecule has 2 nitrogen and oxygen atoms in total. The first-order valence-electron chi connectivity index (χ1n) is 10.2. The van der Waals surface area contributed by atoms with Crippen LogP contribution in [0.3, 0.4) is 0 Å². The summed E-state index contributed by atoms with van der Waals surface area (Å²) in [5.74, 6) is -0.716. The maximum atomic E-state index is 12.2. The molecule has 0 aliphatic heterocycles. The van der Waals surface area contributed by atoms with Gasteiger partial charge in [-0.15, -0.1) is 0 Å². The number of hydrogen-bond acceptors (Lipinski definition) is 2. The Hall–Kier alpha value is -1.61. The number of rotatable bonds is 2. The van der Waals surface area contributed by atoms with E-state index in [4.69, 9.17) is 17.1 Å². The third-order valence-electron chi connectivity index (χ3n) is 2.85. The van der Waals surface area contributed by atoms with E-state index < -0.39 is 43.2 Å². The fraction of sp³-hybridized carbons (Fsp3) is 0.235. The minimum atomic E-state index is -2.97. The van der Waals surface area contributed by atoms with Gasteiger partial charge in [0.25, 0.3) is 0 Å². The molecule has 20 heavy (non-hydrogen) atoms. The summed E-state index contributed by atoms with van der Waals surface area (Å²) in [6, 6.07) is 6.77. The largest absolute Gasteiger partial charge is 0.465 e. The van der Waals surface area contributed by atoms with Gasteiger partial charge in [0.05, 0.1) is 12.7 Å². The molecule has 2 aromatic carbocycles. The van der Waals surface area contributed by atoms with Crippen molar-refractivity contribution in [1.82, 2.24) is 0 Å². The lowest BCUT2D eigenvalue weighted by molar-refractivity contribution is 0.0601. The van der Waals surface area contributed by atoms with E-state index in [1.54, 1.807) is 12.1 Å². The van der Waals surface area contributed by atoms with Crippen molar-refractivity contribution in [1.29, 1.82) is 0 Å². The molecular formula is C17H17BrO2. The molecule has 0 atom stereocenters. The van der Waals surface area contributed by atoms with Crippen LogP contribution in [0.1, 0.15) is 39.4 Å². The minimum absolute atomic E-state index is 0.0662. The highest BCUT2D eigenvalue weighted by Crippen LogP contribution is 2.34. The van der Waals surface area contributed by atoms with Gasteiger partial charge in [-0.05, 0) is 54.9 Å². The summed E-state index contributed by atoms with van der Waals surface area (Å²) >= 11 is 3.29. The molecule has 0 radical (unpaired) electrons. The molecule has 104 valence electrons. The Kier molecular flexibility index (Phi) is 2.00. The normalized spacial score (nSPS) is 19.0. The van der Waals surface area contributed by atoms with Crippen LogP contribution in [-0.4, -0.2) is 13.1 Å². The van der Waals surface area contributed by atoms with Gasteiger partial charge in [-0.1, -0.05) is 34.1 Å². The summed E-state index contributed by atoms with van der Waals surface area (Å²) in [6.07, 6.45) is 0. The van der Waals surface area contributed by atoms with Crippen LogP contribution in [0.5, 0.6) is 0 Å². The molecule has 0 saturated heterocycles. The van der Waals surface area contributed by atoms with Crippen molar-refractivity contribution in [2.24, 2.45) is 0 Å². The van der Waals surface area contributed by atoms with E-state index >= 15 is 0 Å². The lowest BCUT2D eigenvalue weighted by atomic mass is 9.94. The third-order valence-corrected chi connectivity index (χ3v) is 3.51. The molecule has 0 heterocycles. The van der Waals surface area contributed by atoms with E-state index in [9.17, 15) is 4.79 Å². The van der Waals surface area contributed by atoms with E-state index in [0.717, 1.165) is 12.1 Å². The van der Waals surface area contributed by atoms with Crippen molar-refractivity contribution in [3.05, 3.63) is 57.1 Å². The minimum Gasteiger partial charge on any atom is -0.465 e. The molecule has 0 amide bonds. The molecule has 0 fully saturated rings. The van der Waals surface area contributed by atoms with E-state index in [1.807, 2.05) is 0 Å². The zero-order chi connectivity index (χ0) is 22.4. The fourth-order valence-corrected chi connectivity index (χ4v) is 2.48. The summed E-state index contributed by atoms with van der Waals surface area (Å²) < 4.78 is 75.0. The van der Waals surface area contributed by atoms with Crippen molar-refractivity contribution >= 4 is 21.9 Å². The number of halogens is 1. The van der Waals surface area contributed by atoms with Crippen LogP contribution in [-0.2, 0) is 4.74 Å². The highest BCUT2D eigenvalue weighted by Gasteiger charge is 2.16. The van der Waals surface area contributed by atoms with Crippen LogP contribution in [0, 0.1) is 20.6 Å². The summed E-state index contributed by atoms with van der Waals surface area (Å²) in [4.78, 5) is 12.2. The van der Waals surface area contributed by atoms with Crippen LogP contribution >= 0.6 is 15.9 Å². The molecule has 0 saturated carbocycles. The number of carbonyl (C=O) groups is 1. The maximum absolute atomic E-state index is 12.2. The fourth-order valence-electron chi connectivity index (χ4n) is 1.88. The number of benzene rings is 2. The van der Waals surface area contributed by atoms with Crippen LogP contribution in [0.4, 0.5) is 0 Å². The molecule has 2 rings (SSSR count). The number of esters is 1. The zero-order valence-corrected chi connectivity index (χ0v) is 12.2. The molecular weight excluding hydrogens is 316 g/mol. The molecule has 0 unspecified atom stereocenters. The second-order valence-corrected chi connectivity index (χ2v) is 4.95. The summed E-state index contributed by atoms with van der Waals surface area (Å²) in [5, 5.41) is 0. The van der Waals surface area contributed by atoms with Crippen molar-refractivity contribution in [2.75, 3.05) is 7.11 Å². The smallest absolute Gasteiger partial charge is 0.338 e. The number of aryl methyl sites for hydroxylation is 2. The Morgan fingerprint density at radius 2 is 1.90 bits per heavy atom. The summed E-state index contributed by atoms with van der Waals surface area (Å²) in [5.41, 5.74) is -1.60. The van der Waals surface area contributed by atoms with E-state index in [2.05, 4.69) is 15.9 Å². The van der Waals surface area contributed by atoms with Gasteiger partial charge in [0.1, 0.15) is 0 Å². The van der Waals surface area contributed by atoms with Gasteiger partial charge in [-0.3, -0.25) is 0 Å². The average Bonchev–Trinajstić information content (AvgIpc) is 2.57. The SMILES string of the molecule is [2H]C([2H])([2H])c1cc(-c2c(Br)cccc2C(=O)OC)cc(C([2H])([2H])[2H])c1C([2H])([2H])[2H]. The summed E-state index contributed by atoms with van der Waals surface area (Å²) in [7, 11) is 1.17. The van der Waals surface area contributed by atoms with Crippen molar-refractivity contribution < 1.29 is 21.9 Å². The van der Waals surface area contributed by atoms with E-state index in [-0.39, 0.29) is 16.7 Å². The Balaban J connectivity index is 3.04. The molecule has 0 aliphatic carbocycles. The lowest BCUT2D eigenvalue weighted by Gasteiger charge is -2.14. The first-order valence-corrected chi connectivity index (χ1v) is 6.45. The van der Waals surface area contributed by atoms with Gasteiger partial charge in [0.2, 0.25) is 0 Å². The van der Waals surface area contributed by atoms with Gasteiger partial charge < -0.3 is 4.74 Å². The predicted octanol–water partition coefficient (Wildman–Crippen LogP) is 4.83. The van der Waals surface area contributed by atoms with Gasteiger partial charge in [-0.25, -0.2) is 4.79 Å². The quantitative estimate of drug-likeness (QED) is 0.731. The van der Waals surface area contributed by atoms with Gasteiger partial charge in [0.15, 0.2) is 0 Å². The molecule has 0 bridgehead atoms. The Morgan fingerprint density at radius 1 is 1.20 bits per heavy atom. The number of ether oxygens (including phenoxy) is 1. The Bertz CT molecular complexity index is 908. The molecule has 0 aliphatic rings. The topological polar surface area (TPSA) is 26.3 Å². The van der Waals surface area contributed by atoms with Crippen LogP contribution in [0.25, 0.3) is 11.1 Å². The van der Waals surface area contributed by atoms with Crippen LogP contribution < -0.4 is 0 Å². The monoisotopic (exact) mass is 341 g/mol. The van der Waals surface area contributed by atoms with Crippen molar-refractivity contribution in [3.63, 3.8) is 0 Å². The highest BCUT2D eigenvalue weighted by atomic mass is 79.9. The second kappa shape index (κ2) is 5.80. The number of carbonyl (C=O) groups excluding carboxylic acids is 1. The zero-order valence-electron chi connectivity index (χ0n) is 19.6. The van der Waals surface area contributed by atoms with Crippen LogP contribution in [0.15, 0.2) is 34.8 Å². The third kappa shape index (κ3) is 2.63. The number of methoxy groups -OCH3 is 1. The molecule has 0 spiro atoms.